The van der Waals surface area contributed by atoms with Gasteiger partial charge in [0.2, 0.25) is 0 Å². The van der Waals surface area contributed by atoms with E-state index in [1.807, 2.05) is 12.1 Å². The number of unbranched alkanes of at least 4 members (excludes halogenated alkanes) is 2. The van der Waals surface area contributed by atoms with Gasteiger partial charge in [-0.05, 0) is 154 Å². The van der Waals surface area contributed by atoms with Crippen molar-refractivity contribution in [1.82, 2.24) is 0 Å². The number of hydrogen-bond donors (Lipinski definition) is 0. The van der Waals surface area contributed by atoms with E-state index in [0.717, 1.165) is 80.4 Å². The van der Waals surface area contributed by atoms with Gasteiger partial charge in [-0.25, -0.2) is 8.78 Å². The van der Waals surface area contributed by atoms with Gasteiger partial charge in [-0.1, -0.05) is 62.4 Å². The van der Waals surface area contributed by atoms with Gasteiger partial charge in [-0.15, -0.1) is 6.58 Å². The minimum Gasteiger partial charge on any atom is -0.385 e. The molecule has 0 saturated heterocycles. The molecule has 4 rings (SSSR count). The zero-order chi connectivity index (χ0) is 30.6. The molecule has 2 aromatic rings. The maximum absolute atomic E-state index is 15.5. The first kappa shape index (κ1) is 33.9. The van der Waals surface area contributed by atoms with Gasteiger partial charge in [0.25, 0.3) is 0 Å². The number of halogens is 2. The summed E-state index contributed by atoms with van der Waals surface area (Å²) < 4.78 is 36.2. The van der Waals surface area contributed by atoms with Crippen LogP contribution in [0.2, 0.25) is 0 Å². The molecule has 238 valence electrons. The fourth-order valence-corrected chi connectivity index (χ4v) is 8.04. The summed E-state index contributed by atoms with van der Waals surface area (Å²) in [7, 11) is 1.73. The number of allylic oxidation sites excluding steroid dienone is 1. The minimum atomic E-state index is -0.0611. The molecule has 0 radical (unpaired) electrons. The summed E-state index contributed by atoms with van der Waals surface area (Å²) in [5.41, 5.74) is 5.25. The summed E-state index contributed by atoms with van der Waals surface area (Å²) >= 11 is 0. The molecule has 2 fully saturated rings. The van der Waals surface area contributed by atoms with E-state index < -0.39 is 0 Å². The molecule has 2 aromatic carbocycles. The van der Waals surface area contributed by atoms with Gasteiger partial charge in [0.05, 0.1) is 0 Å². The molecule has 0 heterocycles. The predicted octanol–water partition coefficient (Wildman–Crippen LogP) is 12.5. The van der Waals surface area contributed by atoms with E-state index in [0.29, 0.717) is 18.4 Å². The van der Waals surface area contributed by atoms with Gasteiger partial charge >= 0.3 is 0 Å². The van der Waals surface area contributed by atoms with E-state index in [9.17, 15) is 0 Å². The number of ether oxygens (including phenoxy) is 1. The van der Waals surface area contributed by atoms with Crippen LogP contribution in [0.1, 0.15) is 169 Å². The second-order valence-electron chi connectivity index (χ2n) is 14.0. The van der Waals surface area contributed by atoms with Crippen molar-refractivity contribution in [3.63, 3.8) is 0 Å². The smallest absolute Gasteiger partial charge is 0.126 e. The summed E-state index contributed by atoms with van der Waals surface area (Å²) in [5.74, 6) is 2.16. The quantitative estimate of drug-likeness (QED) is 0.139. The monoisotopic (exact) mass is 592 g/mol. The van der Waals surface area contributed by atoms with Crippen LogP contribution in [0.5, 0.6) is 0 Å². The highest BCUT2D eigenvalue weighted by Crippen LogP contribution is 2.43. The van der Waals surface area contributed by atoms with Crippen molar-refractivity contribution in [2.24, 2.45) is 5.92 Å². The van der Waals surface area contributed by atoms with Gasteiger partial charge < -0.3 is 4.74 Å². The van der Waals surface area contributed by atoms with Crippen LogP contribution in [0.3, 0.4) is 0 Å². The van der Waals surface area contributed by atoms with Crippen LogP contribution in [0.4, 0.5) is 8.78 Å². The van der Waals surface area contributed by atoms with Crippen LogP contribution in [-0.4, -0.2) is 13.7 Å². The number of benzene rings is 2. The van der Waals surface area contributed by atoms with Crippen molar-refractivity contribution in [3.05, 3.63) is 82.4 Å². The SMILES string of the molecule is C=C(C)CCCC(CCCOC)c1ccc(C2CCC(c3ccc(C4CCC(CCCCC)CC4)cc3F)CC2)cc1F. The molecule has 1 nitrogen and oxygen atoms in total. The van der Waals surface area contributed by atoms with Gasteiger partial charge in [0.1, 0.15) is 11.6 Å². The van der Waals surface area contributed by atoms with Crippen molar-refractivity contribution in [2.75, 3.05) is 13.7 Å². The molecule has 1 atom stereocenters. The van der Waals surface area contributed by atoms with E-state index in [4.69, 9.17) is 4.74 Å². The van der Waals surface area contributed by atoms with Crippen molar-refractivity contribution >= 4 is 0 Å². The van der Waals surface area contributed by atoms with Gasteiger partial charge in [-0.2, -0.15) is 0 Å². The Morgan fingerprint density at radius 2 is 1.40 bits per heavy atom. The summed E-state index contributed by atoms with van der Waals surface area (Å²) in [6.07, 6.45) is 19.2. The molecule has 0 spiro atoms. The predicted molar refractivity (Wildman–Crippen MR) is 178 cm³/mol. The van der Waals surface area contributed by atoms with E-state index >= 15 is 8.78 Å². The summed E-state index contributed by atoms with van der Waals surface area (Å²) in [6.45, 7) is 9.08. The molecule has 43 heavy (non-hydrogen) atoms. The molecule has 0 N–H and O–H groups in total. The Hall–Kier alpha value is -2.00. The molecule has 0 aliphatic heterocycles. The van der Waals surface area contributed by atoms with Crippen molar-refractivity contribution in [3.8, 4) is 0 Å². The Balaban J connectivity index is 1.31. The third kappa shape index (κ3) is 10.0. The first-order valence-corrected chi connectivity index (χ1v) is 17.6. The molecule has 0 amide bonds. The molecule has 2 saturated carbocycles. The Morgan fingerprint density at radius 1 is 0.791 bits per heavy atom. The van der Waals surface area contributed by atoms with Crippen LogP contribution < -0.4 is 0 Å². The van der Waals surface area contributed by atoms with Gasteiger partial charge in [0, 0.05) is 13.7 Å². The van der Waals surface area contributed by atoms with E-state index in [1.165, 1.54) is 62.5 Å². The van der Waals surface area contributed by atoms with Gasteiger partial charge in [-0.3, -0.25) is 0 Å². The summed E-state index contributed by atoms with van der Waals surface area (Å²) in [5, 5.41) is 0. The van der Waals surface area contributed by atoms with E-state index in [1.54, 1.807) is 13.2 Å². The number of methoxy groups -OCH3 is 1. The maximum atomic E-state index is 15.5. The summed E-state index contributed by atoms with van der Waals surface area (Å²) in [6, 6.07) is 12.2. The highest BCUT2D eigenvalue weighted by molar-refractivity contribution is 5.32. The molecule has 3 heteroatoms. The Kier molecular flexibility index (Phi) is 13.8. The number of hydrogen-bond acceptors (Lipinski definition) is 1. The van der Waals surface area contributed by atoms with Crippen molar-refractivity contribution < 1.29 is 13.5 Å². The highest BCUT2D eigenvalue weighted by atomic mass is 19.1. The molecule has 2 aliphatic rings. The molecular formula is C40H58F2O. The zero-order valence-electron chi connectivity index (χ0n) is 27.5. The second-order valence-corrected chi connectivity index (χ2v) is 14.0. The lowest BCUT2D eigenvalue weighted by atomic mass is 9.74. The second kappa shape index (κ2) is 17.5. The fourth-order valence-electron chi connectivity index (χ4n) is 8.04. The largest absolute Gasteiger partial charge is 0.385 e. The van der Waals surface area contributed by atoms with E-state index in [-0.39, 0.29) is 23.5 Å². The maximum Gasteiger partial charge on any atom is 0.126 e. The first-order chi connectivity index (χ1) is 20.9. The Labute approximate surface area is 261 Å². The standard InChI is InChI=1S/C40H58F2O/c1-5-6-7-11-30-14-16-31(17-15-30)35-23-25-38(40(42)27-35)34-20-18-32(19-21-34)36-22-24-37(39(41)28-36)33(13-9-26-43-4)12-8-10-29(2)3/h22-25,27-28,30-34H,2,5-21,26H2,1,3-4H3. The Bertz CT molecular complexity index is 1120. The lowest BCUT2D eigenvalue weighted by molar-refractivity contribution is 0.189. The highest BCUT2D eigenvalue weighted by Gasteiger charge is 2.28. The number of rotatable bonds is 16. The lowest BCUT2D eigenvalue weighted by Gasteiger charge is -2.31. The van der Waals surface area contributed by atoms with Crippen LogP contribution in [0, 0.1) is 17.6 Å². The first-order valence-electron chi connectivity index (χ1n) is 17.6. The van der Waals surface area contributed by atoms with Crippen LogP contribution in [-0.2, 0) is 4.74 Å². The third-order valence-electron chi connectivity index (χ3n) is 10.7. The van der Waals surface area contributed by atoms with Crippen molar-refractivity contribution in [1.29, 1.82) is 0 Å². The van der Waals surface area contributed by atoms with E-state index in [2.05, 4.69) is 38.6 Å². The van der Waals surface area contributed by atoms with Crippen LogP contribution >= 0.6 is 0 Å². The van der Waals surface area contributed by atoms with Crippen molar-refractivity contribution in [2.45, 2.75) is 147 Å². The molecular weight excluding hydrogens is 534 g/mol. The fraction of sp³-hybridized carbons (Fsp3) is 0.650. The minimum absolute atomic E-state index is 0.00687. The zero-order valence-corrected chi connectivity index (χ0v) is 27.5. The average molecular weight is 593 g/mol. The third-order valence-corrected chi connectivity index (χ3v) is 10.7. The topological polar surface area (TPSA) is 9.23 Å². The Morgan fingerprint density at radius 3 is 2.00 bits per heavy atom. The normalized spacial score (nSPS) is 23.3. The van der Waals surface area contributed by atoms with Crippen LogP contribution in [0.25, 0.3) is 0 Å². The lowest BCUT2D eigenvalue weighted by Crippen LogP contribution is -2.15. The van der Waals surface area contributed by atoms with Crippen LogP contribution in [0.15, 0.2) is 48.6 Å². The molecule has 0 aromatic heterocycles. The molecule has 1 unspecified atom stereocenters. The molecule has 2 aliphatic carbocycles. The summed E-state index contributed by atoms with van der Waals surface area (Å²) in [4.78, 5) is 0. The molecule has 0 bridgehead atoms. The van der Waals surface area contributed by atoms with Gasteiger partial charge in [0.15, 0.2) is 0 Å². The average Bonchev–Trinajstić information content (AvgIpc) is 3.01.